The van der Waals surface area contributed by atoms with E-state index in [2.05, 4.69) is 10.6 Å². The van der Waals surface area contributed by atoms with Crippen molar-refractivity contribution >= 4 is 34.8 Å². The SMILES string of the molecule is N#Cc1cccc(NC(=O)c2ccc(Cl)cc2NC(=O)c2ccc(F)cc2)c1. The van der Waals surface area contributed by atoms with Crippen molar-refractivity contribution in [1.29, 1.82) is 5.26 Å². The Morgan fingerprint density at radius 3 is 2.39 bits per heavy atom. The number of nitrogens with one attached hydrogen (secondary N) is 2. The molecule has 0 saturated carbocycles. The number of amides is 2. The highest BCUT2D eigenvalue weighted by molar-refractivity contribution is 6.31. The molecule has 3 aromatic rings. The molecule has 0 aliphatic rings. The van der Waals surface area contributed by atoms with Gasteiger partial charge in [-0.3, -0.25) is 9.59 Å². The number of carbonyl (C=O) groups excluding carboxylic acids is 2. The first-order chi connectivity index (χ1) is 13.5. The third kappa shape index (κ3) is 4.53. The van der Waals surface area contributed by atoms with Crippen molar-refractivity contribution in [2.45, 2.75) is 0 Å². The van der Waals surface area contributed by atoms with Crippen molar-refractivity contribution in [3.05, 3.63) is 94.3 Å². The Morgan fingerprint density at radius 2 is 1.68 bits per heavy atom. The molecule has 0 aliphatic carbocycles. The van der Waals surface area contributed by atoms with E-state index in [9.17, 15) is 14.0 Å². The first-order valence-corrected chi connectivity index (χ1v) is 8.52. The van der Waals surface area contributed by atoms with E-state index in [1.165, 1.54) is 48.5 Å². The van der Waals surface area contributed by atoms with E-state index in [1.807, 2.05) is 6.07 Å². The van der Waals surface area contributed by atoms with Crippen molar-refractivity contribution < 1.29 is 14.0 Å². The number of nitriles is 1. The molecule has 7 heteroatoms. The first kappa shape index (κ1) is 19.1. The molecule has 2 N–H and O–H groups in total. The molecule has 5 nitrogen and oxygen atoms in total. The van der Waals surface area contributed by atoms with Gasteiger partial charge in [-0.25, -0.2) is 4.39 Å². The van der Waals surface area contributed by atoms with Crippen LogP contribution in [0, 0.1) is 17.1 Å². The topological polar surface area (TPSA) is 82.0 Å². The van der Waals surface area contributed by atoms with E-state index in [0.29, 0.717) is 16.3 Å². The summed E-state index contributed by atoms with van der Waals surface area (Å²) in [5.41, 5.74) is 1.46. The Labute approximate surface area is 165 Å². The highest BCUT2D eigenvalue weighted by Gasteiger charge is 2.16. The average Bonchev–Trinajstić information content (AvgIpc) is 2.68. The van der Waals surface area contributed by atoms with Gasteiger partial charge >= 0.3 is 0 Å². The number of halogens is 2. The molecule has 0 radical (unpaired) electrons. The minimum Gasteiger partial charge on any atom is -0.322 e. The number of nitrogens with zero attached hydrogens (tertiary/aromatic N) is 1. The predicted octanol–water partition coefficient (Wildman–Crippen LogP) is 4.86. The lowest BCUT2D eigenvalue weighted by molar-refractivity contribution is 0.102. The summed E-state index contributed by atoms with van der Waals surface area (Å²) < 4.78 is 13.0. The number of carbonyl (C=O) groups is 2. The van der Waals surface area contributed by atoms with Gasteiger partial charge in [0, 0.05) is 16.3 Å². The fourth-order valence-electron chi connectivity index (χ4n) is 2.48. The van der Waals surface area contributed by atoms with Crippen LogP contribution in [0.4, 0.5) is 15.8 Å². The summed E-state index contributed by atoms with van der Waals surface area (Å²) in [5.74, 6) is -1.46. The van der Waals surface area contributed by atoms with Crippen molar-refractivity contribution in [3.63, 3.8) is 0 Å². The molecule has 0 bridgehead atoms. The Balaban J connectivity index is 1.85. The second-order valence-electron chi connectivity index (χ2n) is 5.80. The summed E-state index contributed by atoms with van der Waals surface area (Å²) in [4.78, 5) is 25.1. The summed E-state index contributed by atoms with van der Waals surface area (Å²) in [5, 5.41) is 14.6. The van der Waals surface area contributed by atoms with Gasteiger partial charge in [0.15, 0.2) is 0 Å². The molecule has 0 aliphatic heterocycles. The van der Waals surface area contributed by atoms with Gasteiger partial charge in [-0.1, -0.05) is 17.7 Å². The Kier molecular flexibility index (Phi) is 5.68. The minimum absolute atomic E-state index is 0.183. The fraction of sp³-hybridized carbons (Fsp3) is 0. The van der Waals surface area contributed by atoms with Gasteiger partial charge in [0.05, 0.1) is 22.9 Å². The summed E-state index contributed by atoms with van der Waals surface area (Å²) in [6, 6.07) is 17.9. The maximum absolute atomic E-state index is 13.0. The fourth-order valence-corrected chi connectivity index (χ4v) is 2.65. The molecular formula is C21H13ClFN3O2. The third-order valence-corrected chi connectivity index (χ3v) is 4.07. The Hall–Kier alpha value is -3.69. The van der Waals surface area contributed by atoms with E-state index < -0.39 is 17.6 Å². The van der Waals surface area contributed by atoms with Crippen molar-refractivity contribution in [2.24, 2.45) is 0 Å². The van der Waals surface area contributed by atoms with Gasteiger partial charge in [0.1, 0.15) is 5.82 Å². The van der Waals surface area contributed by atoms with Crippen LogP contribution in [0.3, 0.4) is 0 Å². The zero-order valence-corrected chi connectivity index (χ0v) is 15.1. The molecule has 0 unspecified atom stereocenters. The van der Waals surface area contributed by atoms with Crippen molar-refractivity contribution in [3.8, 4) is 6.07 Å². The van der Waals surface area contributed by atoms with Crippen LogP contribution < -0.4 is 10.6 Å². The zero-order valence-electron chi connectivity index (χ0n) is 14.4. The number of hydrogen-bond acceptors (Lipinski definition) is 3. The quantitative estimate of drug-likeness (QED) is 0.664. The van der Waals surface area contributed by atoms with Gasteiger partial charge in [-0.05, 0) is 60.7 Å². The van der Waals surface area contributed by atoms with Crippen LogP contribution in [0.1, 0.15) is 26.3 Å². The molecule has 28 heavy (non-hydrogen) atoms. The smallest absolute Gasteiger partial charge is 0.257 e. The predicted molar refractivity (Wildman–Crippen MR) is 105 cm³/mol. The molecule has 0 heterocycles. The third-order valence-electron chi connectivity index (χ3n) is 3.83. The van der Waals surface area contributed by atoms with E-state index in [0.717, 1.165) is 0 Å². The molecule has 3 rings (SSSR count). The zero-order chi connectivity index (χ0) is 20.1. The molecule has 0 fully saturated rings. The molecule has 0 spiro atoms. The molecule has 2 amide bonds. The lowest BCUT2D eigenvalue weighted by Crippen LogP contribution is -2.18. The van der Waals surface area contributed by atoms with Gasteiger partial charge in [0.25, 0.3) is 11.8 Å². The van der Waals surface area contributed by atoms with Crippen LogP contribution in [0.15, 0.2) is 66.7 Å². The molecule has 0 saturated heterocycles. The first-order valence-electron chi connectivity index (χ1n) is 8.14. The molecule has 0 atom stereocenters. The maximum Gasteiger partial charge on any atom is 0.257 e. The van der Waals surface area contributed by atoms with Crippen LogP contribution in [-0.2, 0) is 0 Å². The van der Waals surface area contributed by atoms with Gasteiger partial charge in [0.2, 0.25) is 0 Å². The maximum atomic E-state index is 13.0. The van der Waals surface area contributed by atoms with Crippen LogP contribution in [0.2, 0.25) is 5.02 Å². The number of benzene rings is 3. The van der Waals surface area contributed by atoms with E-state index in [4.69, 9.17) is 16.9 Å². The van der Waals surface area contributed by atoms with Crippen LogP contribution in [0.25, 0.3) is 0 Å². The monoisotopic (exact) mass is 393 g/mol. The normalized spacial score (nSPS) is 10.0. The summed E-state index contributed by atoms with van der Waals surface area (Å²) in [6.07, 6.45) is 0. The summed E-state index contributed by atoms with van der Waals surface area (Å²) in [6.45, 7) is 0. The number of rotatable bonds is 4. The summed E-state index contributed by atoms with van der Waals surface area (Å²) >= 11 is 6.00. The Bertz CT molecular complexity index is 1090. The lowest BCUT2D eigenvalue weighted by Gasteiger charge is -2.12. The van der Waals surface area contributed by atoms with Crippen LogP contribution >= 0.6 is 11.6 Å². The average molecular weight is 394 g/mol. The molecule has 138 valence electrons. The highest BCUT2D eigenvalue weighted by Crippen LogP contribution is 2.23. The van der Waals surface area contributed by atoms with Gasteiger partial charge < -0.3 is 10.6 Å². The van der Waals surface area contributed by atoms with Crippen LogP contribution in [0.5, 0.6) is 0 Å². The molecular weight excluding hydrogens is 381 g/mol. The van der Waals surface area contributed by atoms with E-state index in [-0.39, 0.29) is 16.8 Å². The number of anilines is 2. The number of hydrogen-bond donors (Lipinski definition) is 2. The second-order valence-corrected chi connectivity index (χ2v) is 6.23. The Morgan fingerprint density at radius 1 is 0.929 bits per heavy atom. The largest absolute Gasteiger partial charge is 0.322 e. The van der Waals surface area contributed by atoms with Crippen LogP contribution in [-0.4, -0.2) is 11.8 Å². The van der Waals surface area contributed by atoms with Gasteiger partial charge in [-0.15, -0.1) is 0 Å². The second kappa shape index (κ2) is 8.33. The van der Waals surface area contributed by atoms with Gasteiger partial charge in [-0.2, -0.15) is 5.26 Å². The van der Waals surface area contributed by atoms with E-state index >= 15 is 0 Å². The molecule has 0 aromatic heterocycles. The molecule has 3 aromatic carbocycles. The minimum atomic E-state index is -0.511. The van der Waals surface area contributed by atoms with Crippen molar-refractivity contribution in [2.75, 3.05) is 10.6 Å². The highest BCUT2D eigenvalue weighted by atomic mass is 35.5. The lowest BCUT2D eigenvalue weighted by atomic mass is 10.1. The standard InChI is InChI=1S/C21H13ClFN3O2/c22-15-6-9-18(21(28)25-17-3-1-2-13(10-17)12-24)19(11-15)26-20(27)14-4-7-16(23)8-5-14/h1-11H,(H,25,28)(H,26,27). The summed E-state index contributed by atoms with van der Waals surface area (Å²) in [7, 11) is 0. The van der Waals surface area contributed by atoms with Crippen molar-refractivity contribution in [1.82, 2.24) is 0 Å². The van der Waals surface area contributed by atoms with E-state index in [1.54, 1.807) is 18.2 Å².